The average Bonchev–Trinajstić information content (AvgIpc) is 3.32. The zero-order chi connectivity index (χ0) is 32.6. The fourth-order valence-electron chi connectivity index (χ4n) is 5.04. The van der Waals surface area contributed by atoms with E-state index in [1.807, 2.05) is 37.3 Å². The van der Waals surface area contributed by atoms with Crippen molar-refractivity contribution >= 4 is 28.9 Å². The molecule has 1 heterocycles. The number of benzene rings is 2. The number of amides is 1. The maximum atomic E-state index is 13.8. The third kappa shape index (κ3) is 10.1. The highest BCUT2D eigenvalue weighted by atomic mass is 32.1. The number of nitrogens with one attached hydrogen (secondary N) is 2. The van der Waals surface area contributed by atoms with Crippen LogP contribution in [0, 0.1) is 5.41 Å². The van der Waals surface area contributed by atoms with Crippen molar-refractivity contribution in [1.29, 1.82) is 0 Å². The normalized spacial score (nSPS) is 18.0. The molecule has 2 aromatic rings. The zero-order valence-corrected chi connectivity index (χ0v) is 26.5. The topological polar surface area (TPSA) is 44.4 Å². The maximum Gasteiger partial charge on any atom is 0.416 e. The van der Waals surface area contributed by atoms with E-state index in [1.54, 1.807) is 25.7 Å². The van der Waals surface area contributed by atoms with E-state index in [-0.39, 0.29) is 17.1 Å². The minimum Gasteiger partial charge on any atom is -0.350 e. The Morgan fingerprint density at radius 2 is 1.44 bits per heavy atom. The smallest absolute Gasteiger partial charge is 0.350 e. The monoisotopic (exact) mass is 631 g/mol. The molecule has 0 spiro atoms. The molecule has 240 valence electrons. The first-order valence-electron chi connectivity index (χ1n) is 14.6. The van der Waals surface area contributed by atoms with E-state index >= 15 is 0 Å². The van der Waals surface area contributed by atoms with Gasteiger partial charge in [0, 0.05) is 12.2 Å². The Morgan fingerprint density at radius 3 is 1.88 bits per heavy atom. The van der Waals surface area contributed by atoms with E-state index in [0.717, 1.165) is 18.4 Å². The average molecular weight is 632 g/mol. The van der Waals surface area contributed by atoms with Crippen molar-refractivity contribution in [2.45, 2.75) is 104 Å². The quantitative estimate of drug-likeness (QED) is 0.182. The van der Waals surface area contributed by atoms with Gasteiger partial charge in [-0.05, 0) is 61.2 Å². The van der Waals surface area contributed by atoms with Crippen LogP contribution in [0.15, 0.2) is 48.5 Å². The number of rotatable bonds is 7. The van der Waals surface area contributed by atoms with Crippen LogP contribution in [0.25, 0.3) is 0 Å². The number of likely N-dealkylation sites (tertiary alicyclic amines) is 1. The van der Waals surface area contributed by atoms with Gasteiger partial charge in [-0.25, -0.2) is 0 Å². The minimum atomic E-state index is -4.99. The summed E-state index contributed by atoms with van der Waals surface area (Å²) in [7, 11) is 0. The number of nitrogens with zero attached hydrogens (tertiary/aromatic N) is 1. The highest BCUT2D eigenvalue weighted by molar-refractivity contribution is 7.80. The van der Waals surface area contributed by atoms with Gasteiger partial charge in [-0.15, -0.1) is 0 Å². The van der Waals surface area contributed by atoms with Gasteiger partial charge in [0.15, 0.2) is 5.11 Å². The van der Waals surface area contributed by atoms with Crippen LogP contribution in [0.3, 0.4) is 0 Å². The molecule has 0 unspecified atom stereocenters. The number of carbonyl (C=O) groups excluding carboxylic acids is 1. The lowest BCUT2D eigenvalue weighted by Crippen LogP contribution is -2.58. The molecule has 2 aromatic carbocycles. The van der Waals surface area contributed by atoms with Crippen LogP contribution in [0.2, 0.25) is 0 Å². The SMILES string of the molecule is CC(C)(C)[C@H](NC(=S)Nc1cc(C(F)(F)F)cc(C(F)(F)F)c1)C(=O)N1CCC[C@]1(C)c1ccccc1.CCCCCC. The van der Waals surface area contributed by atoms with Crippen molar-refractivity contribution in [1.82, 2.24) is 10.2 Å². The fourth-order valence-corrected chi connectivity index (χ4v) is 5.28. The molecule has 0 bridgehead atoms. The van der Waals surface area contributed by atoms with E-state index in [1.165, 1.54) is 25.7 Å². The van der Waals surface area contributed by atoms with Gasteiger partial charge in [0.25, 0.3) is 0 Å². The molecule has 1 amide bonds. The van der Waals surface area contributed by atoms with E-state index in [2.05, 4.69) is 24.5 Å². The molecule has 1 aliphatic rings. The summed E-state index contributed by atoms with van der Waals surface area (Å²) >= 11 is 5.24. The van der Waals surface area contributed by atoms with Crippen LogP contribution in [-0.2, 0) is 22.7 Å². The van der Waals surface area contributed by atoms with E-state index < -0.39 is 46.2 Å². The second-order valence-corrected chi connectivity index (χ2v) is 12.5. The lowest BCUT2D eigenvalue weighted by molar-refractivity contribution is -0.143. The Bertz CT molecular complexity index is 1170. The molecular formula is C32H43F6N3OS. The van der Waals surface area contributed by atoms with Crippen LogP contribution in [0.1, 0.15) is 96.8 Å². The molecule has 4 nitrogen and oxygen atoms in total. The Balaban J connectivity index is 0.000000973. The Labute approximate surface area is 256 Å². The van der Waals surface area contributed by atoms with Gasteiger partial charge in [-0.3, -0.25) is 4.79 Å². The molecule has 2 atom stereocenters. The molecule has 43 heavy (non-hydrogen) atoms. The van der Waals surface area contributed by atoms with Crippen molar-refractivity contribution < 1.29 is 31.1 Å². The van der Waals surface area contributed by atoms with Crippen molar-refractivity contribution in [2.75, 3.05) is 11.9 Å². The highest BCUT2D eigenvalue weighted by Gasteiger charge is 2.45. The molecule has 2 N–H and O–H groups in total. The maximum absolute atomic E-state index is 13.8. The summed E-state index contributed by atoms with van der Waals surface area (Å²) in [5.74, 6) is -0.263. The molecule has 3 rings (SSSR count). The number of anilines is 1. The van der Waals surface area contributed by atoms with E-state index in [0.29, 0.717) is 18.7 Å². The van der Waals surface area contributed by atoms with Gasteiger partial charge in [0.2, 0.25) is 5.91 Å². The Hall–Kier alpha value is -2.82. The van der Waals surface area contributed by atoms with Crippen LogP contribution in [-0.4, -0.2) is 28.5 Å². The van der Waals surface area contributed by atoms with Gasteiger partial charge in [0.05, 0.1) is 16.7 Å². The van der Waals surface area contributed by atoms with Crippen LogP contribution in [0.4, 0.5) is 32.0 Å². The predicted molar refractivity (Wildman–Crippen MR) is 164 cm³/mol. The molecule has 0 radical (unpaired) electrons. The summed E-state index contributed by atoms with van der Waals surface area (Å²) < 4.78 is 79.4. The summed E-state index contributed by atoms with van der Waals surface area (Å²) in [6.45, 7) is 12.3. The van der Waals surface area contributed by atoms with Gasteiger partial charge in [0.1, 0.15) is 6.04 Å². The van der Waals surface area contributed by atoms with E-state index in [9.17, 15) is 31.1 Å². The highest BCUT2D eigenvalue weighted by Crippen LogP contribution is 2.40. The summed E-state index contributed by atoms with van der Waals surface area (Å²) in [6, 6.07) is 9.80. The first kappa shape index (κ1) is 36.4. The standard InChI is InChI=1S/C26H29F6N3OS.C6H14/c1-23(2,3)20(21(36)35-12-8-11-24(35,4)16-9-6-5-7-10-16)34-22(37)33-19-14-17(25(27,28)29)13-18(15-19)26(30,31)32;1-3-5-6-4-2/h5-7,9-10,13-15,20H,8,11-12H2,1-4H3,(H2,33,34,37);3-6H2,1-2H3/t20-,24-;/m1./s1. The number of alkyl halides is 6. The van der Waals surface area contributed by atoms with Gasteiger partial charge in [-0.2, -0.15) is 26.3 Å². The predicted octanol–water partition coefficient (Wildman–Crippen LogP) is 9.55. The Kier molecular flexibility index (Phi) is 12.5. The zero-order valence-electron chi connectivity index (χ0n) is 25.7. The number of hydrogen-bond acceptors (Lipinski definition) is 2. The fraction of sp³-hybridized carbons (Fsp3) is 0.562. The van der Waals surface area contributed by atoms with Crippen LogP contribution >= 0.6 is 12.2 Å². The second kappa shape index (κ2) is 14.8. The molecular weight excluding hydrogens is 588 g/mol. The molecule has 0 aliphatic carbocycles. The lowest BCUT2D eigenvalue weighted by atomic mass is 9.83. The van der Waals surface area contributed by atoms with Gasteiger partial charge < -0.3 is 15.5 Å². The lowest BCUT2D eigenvalue weighted by Gasteiger charge is -2.41. The summed E-state index contributed by atoms with van der Waals surface area (Å²) in [6.07, 6.45) is -2.93. The summed E-state index contributed by atoms with van der Waals surface area (Å²) in [5, 5.41) is 5.01. The van der Waals surface area contributed by atoms with E-state index in [4.69, 9.17) is 12.2 Å². The molecule has 1 fully saturated rings. The number of hydrogen-bond donors (Lipinski definition) is 2. The minimum absolute atomic E-state index is 0.0426. The molecule has 1 saturated heterocycles. The largest absolute Gasteiger partial charge is 0.416 e. The van der Waals surface area contributed by atoms with Crippen molar-refractivity contribution in [2.24, 2.45) is 5.41 Å². The number of unbranched alkanes of at least 4 members (excludes halogenated alkanes) is 3. The van der Waals surface area contributed by atoms with Crippen LogP contribution < -0.4 is 10.6 Å². The number of thiocarbonyl (C=S) groups is 1. The second-order valence-electron chi connectivity index (χ2n) is 12.1. The van der Waals surface area contributed by atoms with Gasteiger partial charge in [-0.1, -0.05) is 90.6 Å². The number of carbonyl (C=O) groups is 1. The molecule has 1 aliphatic heterocycles. The molecule has 0 aromatic heterocycles. The van der Waals surface area contributed by atoms with Crippen molar-refractivity contribution in [3.8, 4) is 0 Å². The summed E-state index contributed by atoms with van der Waals surface area (Å²) in [5.41, 5.74) is -3.71. The molecule has 0 saturated carbocycles. The summed E-state index contributed by atoms with van der Waals surface area (Å²) in [4.78, 5) is 15.6. The van der Waals surface area contributed by atoms with Crippen molar-refractivity contribution in [3.63, 3.8) is 0 Å². The third-order valence-electron chi connectivity index (χ3n) is 7.49. The first-order chi connectivity index (χ1) is 19.8. The first-order valence-corrected chi connectivity index (χ1v) is 15.0. The van der Waals surface area contributed by atoms with Crippen molar-refractivity contribution in [3.05, 3.63) is 65.2 Å². The Morgan fingerprint density at radius 1 is 0.930 bits per heavy atom. The third-order valence-corrected chi connectivity index (χ3v) is 7.71. The molecule has 11 heteroatoms. The van der Waals surface area contributed by atoms with Crippen LogP contribution in [0.5, 0.6) is 0 Å². The number of halogens is 6. The van der Waals surface area contributed by atoms with Gasteiger partial charge >= 0.3 is 12.4 Å².